The van der Waals surface area contributed by atoms with Crippen LogP contribution in [-0.2, 0) is 9.59 Å². The van der Waals surface area contributed by atoms with Gasteiger partial charge in [-0.25, -0.2) is 0 Å². The summed E-state index contributed by atoms with van der Waals surface area (Å²) in [5.74, 6) is 0.155. The summed E-state index contributed by atoms with van der Waals surface area (Å²) in [6.07, 6.45) is 1.76. The largest absolute Gasteiger partial charge is 0.494 e. The van der Waals surface area contributed by atoms with Crippen molar-refractivity contribution < 1.29 is 14.3 Å². The summed E-state index contributed by atoms with van der Waals surface area (Å²) < 4.78 is 5.77. The van der Waals surface area contributed by atoms with Crippen molar-refractivity contribution in [1.29, 1.82) is 0 Å². The van der Waals surface area contributed by atoms with Crippen molar-refractivity contribution in [3.63, 3.8) is 0 Å². The van der Waals surface area contributed by atoms with Crippen LogP contribution in [-0.4, -0.2) is 34.2 Å². The van der Waals surface area contributed by atoms with Gasteiger partial charge in [-0.15, -0.1) is 0 Å². The van der Waals surface area contributed by atoms with Crippen molar-refractivity contribution in [3.05, 3.63) is 64.0 Å². The van der Waals surface area contributed by atoms with Crippen LogP contribution < -0.4 is 10.1 Å². The second-order valence-electron chi connectivity index (χ2n) is 5.82. The first-order chi connectivity index (χ1) is 13.5. The van der Waals surface area contributed by atoms with Gasteiger partial charge in [0, 0.05) is 10.7 Å². The first-order valence-corrected chi connectivity index (χ1v) is 10.1. The predicted molar refractivity (Wildman–Crippen MR) is 118 cm³/mol. The number of halogens is 1. The Bertz CT molecular complexity index is 927. The van der Waals surface area contributed by atoms with Crippen LogP contribution in [0.15, 0.2) is 53.4 Å². The number of carbonyl (C=O) groups excluding carboxylic acids is 2. The number of hydrogen-bond acceptors (Lipinski definition) is 5. The Morgan fingerprint density at radius 2 is 1.89 bits per heavy atom. The van der Waals surface area contributed by atoms with E-state index in [4.69, 9.17) is 28.6 Å². The van der Waals surface area contributed by atoms with Crippen molar-refractivity contribution >= 4 is 63.5 Å². The third-order valence-corrected chi connectivity index (χ3v) is 5.42. The Labute approximate surface area is 177 Å². The van der Waals surface area contributed by atoms with Gasteiger partial charge in [-0.2, -0.15) is 0 Å². The number of thiocarbonyl (C=S) groups is 1. The molecule has 2 aromatic carbocycles. The molecule has 1 heterocycles. The number of amides is 2. The number of benzene rings is 2. The molecule has 2 amide bonds. The van der Waals surface area contributed by atoms with Crippen LogP contribution in [0.1, 0.15) is 12.5 Å². The summed E-state index contributed by atoms with van der Waals surface area (Å²) in [7, 11) is 0. The molecule has 1 aliphatic rings. The highest BCUT2D eigenvalue weighted by Gasteiger charge is 2.33. The Hall–Kier alpha value is -2.35. The van der Waals surface area contributed by atoms with Gasteiger partial charge in [0.25, 0.3) is 5.91 Å². The third-order valence-electron chi connectivity index (χ3n) is 3.79. The molecule has 0 bridgehead atoms. The molecule has 1 fully saturated rings. The molecule has 0 spiro atoms. The second-order valence-corrected chi connectivity index (χ2v) is 7.94. The summed E-state index contributed by atoms with van der Waals surface area (Å²) >= 11 is 12.3. The Morgan fingerprint density at radius 1 is 1.21 bits per heavy atom. The van der Waals surface area contributed by atoms with E-state index in [-0.39, 0.29) is 18.4 Å². The molecule has 0 atom stereocenters. The van der Waals surface area contributed by atoms with E-state index in [9.17, 15) is 9.59 Å². The summed E-state index contributed by atoms with van der Waals surface area (Å²) in [6.45, 7) is 2.37. The van der Waals surface area contributed by atoms with E-state index < -0.39 is 0 Å². The fourth-order valence-corrected chi connectivity index (χ4v) is 3.87. The lowest BCUT2D eigenvalue weighted by Gasteiger charge is -2.14. The molecule has 0 aromatic heterocycles. The summed E-state index contributed by atoms with van der Waals surface area (Å²) in [4.78, 5) is 26.7. The summed E-state index contributed by atoms with van der Waals surface area (Å²) in [5, 5.41) is 3.30. The van der Waals surface area contributed by atoms with Gasteiger partial charge in [-0.3, -0.25) is 14.5 Å². The Balaban J connectivity index is 1.65. The Morgan fingerprint density at radius 3 is 2.54 bits per heavy atom. The van der Waals surface area contributed by atoms with Gasteiger partial charge in [-0.05, 0) is 55.0 Å². The number of anilines is 1. The van der Waals surface area contributed by atoms with Crippen molar-refractivity contribution in [1.82, 2.24) is 4.90 Å². The minimum Gasteiger partial charge on any atom is -0.494 e. The number of ether oxygens (including phenoxy) is 1. The molecule has 3 rings (SSSR count). The maximum Gasteiger partial charge on any atom is 0.266 e. The van der Waals surface area contributed by atoms with Gasteiger partial charge in [0.1, 0.15) is 16.6 Å². The van der Waals surface area contributed by atoms with Gasteiger partial charge in [0.05, 0.1) is 11.5 Å². The minimum absolute atomic E-state index is 0.145. The highest BCUT2D eigenvalue weighted by atomic mass is 35.5. The molecule has 0 unspecified atom stereocenters. The van der Waals surface area contributed by atoms with Crippen LogP contribution in [0.25, 0.3) is 6.08 Å². The van der Waals surface area contributed by atoms with Gasteiger partial charge in [0.15, 0.2) is 0 Å². The van der Waals surface area contributed by atoms with Crippen LogP contribution >= 0.6 is 35.6 Å². The normalized spacial score (nSPS) is 15.2. The van der Waals surface area contributed by atoms with Gasteiger partial charge >= 0.3 is 0 Å². The molecular weight excluding hydrogens is 416 g/mol. The number of rotatable bonds is 6. The summed E-state index contributed by atoms with van der Waals surface area (Å²) in [6, 6.07) is 14.2. The van der Waals surface area contributed by atoms with E-state index in [2.05, 4.69) is 5.32 Å². The van der Waals surface area contributed by atoms with Crippen molar-refractivity contribution in [2.24, 2.45) is 0 Å². The average Bonchev–Trinajstić information content (AvgIpc) is 2.93. The molecule has 5 nitrogen and oxygen atoms in total. The standard InChI is InChI=1S/C20H17ClN2O3S2/c1-2-26-16-9-3-13(4-10-16)11-17-19(25)23(20(27)28-17)12-18(24)22-15-7-5-14(21)6-8-15/h3-11H,2,12H2,1H3,(H,22,24)/b17-11-. The molecule has 2 aromatic rings. The predicted octanol–water partition coefficient (Wildman–Crippen LogP) is 4.58. The third kappa shape index (κ3) is 5.13. The lowest BCUT2D eigenvalue weighted by Crippen LogP contribution is -2.36. The fraction of sp³-hybridized carbons (Fsp3) is 0.150. The van der Waals surface area contributed by atoms with Crippen LogP contribution in [0.3, 0.4) is 0 Å². The highest BCUT2D eigenvalue weighted by molar-refractivity contribution is 8.26. The van der Waals surface area contributed by atoms with Gasteiger partial charge in [0.2, 0.25) is 5.91 Å². The number of carbonyl (C=O) groups is 2. The van der Waals surface area contributed by atoms with E-state index in [1.807, 2.05) is 31.2 Å². The first kappa shape index (κ1) is 20.4. The molecule has 0 saturated carbocycles. The monoisotopic (exact) mass is 432 g/mol. The second kappa shape index (κ2) is 9.23. The maximum atomic E-state index is 12.6. The molecular formula is C20H17ClN2O3S2. The lowest BCUT2D eigenvalue weighted by molar-refractivity contribution is -0.126. The SMILES string of the molecule is CCOc1ccc(/C=C2\SC(=S)N(CC(=O)Nc3ccc(Cl)cc3)C2=O)cc1. The van der Waals surface area contributed by atoms with Crippen molar-refractivity contribution in [2.75, 3.05) is 18.5 Å². The topological polar surface area (TPSA) is 58.6 Å². The molecule has 0 radical (unpaired) electrons. The zero-order valence-electron chi connectivity index (χ0n) is 15.0. The molecule has 8 heteroatoms. The molecule has 1 N–H and O–H groups in total. The van der Waals surface area contributed by atoms with E-state index in [0.29, 0.717) is 26.5 Å². The molecule has 1 saturated heterocycles. The van der Waals surface area contributed by atoms with Gasteiger partial charge < -0.3 is 10.1 Å². The first-order valence-electron chi connectivity index (χ1n) is 8.50. The number of nitrogens with one attached hydrogen (secondary N) is 1. The quantitative estimate of drug-likeness (QED) is 0.535. The van der Waals surface area contributed by atoms with Crippen LogP contribution in [0.4, 0.5) is 5.69 Å². The molecule has 144 valence electrons. The number of nitrogens with zero attached hydrogens (tertiary/aromatic N) is 1. The van der Waals surface area contributed by atoms with E-state index in [0.717, 1.165) is 11.3 Å². The van der Waals surface area contributed by atoms with E-state index in [1.165, 1.54) is 16.7 Å². The Kier molecular flexibility index (Phi) is 6.72. The van der Waals surface area contributed by atoms with E-state index in [1.54, 1.807) is 30.3 Å². The van der Waals surface area contributed by atoms with Crippen LogP contribution in [0, 0.1) is 0 Å². The fourth-order valence-electron chi connectivity index (χ4n) is 2.49. The smallest absolute Gasteiger partial charge is 0.266 e. The molecule has 1 aliphatic heterocycles. The zero-order chi connectivity index (χ0) is 20.1. The van der Waals surface area contributed by atoms with Crippen molar-refractivity contribution in [3.8, 4) is 5.75 Å². The van der Waals surface area contributed by atoms with E-state index >= 15 is 0 Å². The van der Waals surface area contributed by atoms with Gasteiger partial charge in [-0.1, -0.05) is 47.7 Å². The zero-order valence-corrected chi connectivity index (χ0v) is 17.4. The van der Waals surface area contributed by atoms with Crippen LogP contribution in [0.2, 0.25) is 5.02 Å². The minimum atomic E-state index is -0.332. The molecule has 28 heavy (non-hydrogen) atoms. The lowest BCUT2D eigenvalue weighted by atomic mass is 10.2. The number of thioether (sulfide) groups is 1. The molecule has 0 aliphatic carbocycles. The van der Waals surface area contributed by atoms with Crippen LogP contribution in [0.5, 0.6) is 5.75 Å². The summed E-state index contributed by atoms with van der Waals surface area (Å²) in [5.41, 5.74) is 1.46. The number of hydrogen-bond donors (Lipinski definition) is 1. The average molecular weight is 433 g/mol. The van der Waals surface area contributed by atoms with Crippen molar-refractivity contribution in [2.45, 2.75) is 6.92 Å². The highest BCUT2D eigenvalue weighted by Crippen LogP contribution is 2.32. The maximum absolute atomic E-state index is 12.6.